The van der Waals surface area contributed by atoms with E-state index < -0.39 is 69.8 Å². The molecule has 0 radical (unpaired) electrons. The third-order valence-electron chi connectivity index (χ3n) is 12.9. The second-order valence-electron chi connectivity index (χ2n) is 17.0. The van der Waals surface area contributed by atoms with Crippen LogP contribution in [0.15, 0.2) is 121 Å². The monoisotopic (exact) mass is 960 g/mol. The third kappa shape index (κ3) is 7.97. The van der Waals surface area contributed by atoms with E-state index in [0.29, 0.717) is 11.4 Å². The first-order valence-corrected chi connectivity index (χ1v) is 22.1. The Balaban J connectivity index is 0.000000178. The minimum absolute atomic E-state index is 0.314. The SMILES string of the molecule is CNC(=O)c1cc(C(=O)Nc2ccc3ccc4c(C)ccc5ccc2c3c54)c(C(=O)O)cc1C(=O)O.CNC(=O)c1cc(C(=O)O)c(C(=O)Nc2ccc3ccc4c(C)ccc5ccc2c3c54)cc1C(=O)O. The molecule has 0 saturated carbocycles. The van der Waals surface area contributed by atoms with Gasteiger partial charge in [0, 0.05) is 36.2 Å². The van der Waals surface area contributed by atoms with Crippen molar-refractivity contribution in [2.24, 2.45) is 0 Å². The Morgan fingerprint density at radius 2 is 0.569 bits per heavy atom. The zero-order chi connectivity index (χ0) is 51.4. The molecular weight excluding hydrogens is 921 g/mol. The molecular formula is C56H40N4O12. The maximum Gasteiger partial charge on any atom is 0.336 e. The number of aryl methyl sites for hydroxylation is 2. The van der Waals surface area contributed by atoms with Crippen LogP contribution in [0.4, 0.5) is 11.4 Å². The highest BCUT2D eigenvalue weighted by Gasteiger charge is 2.28. The van der Waals surface area contributed by atoms with Crippen LogP contribution >= 0.6 is 0 Å². The molecule has 0 aromatic heterocycles. The first-order chi connectivity index (χ1) is 34.4. The van der Waals surface area contributed by atoms with Crippen molar-refractivity contribution < 1.29 is 58.8 Å². The van der Waals surface area contributed by atoms with E-state index in [1.807, 2.05) is 74.5 Å². The largest absolute Gasteiger partial charge is 0.478 e. The number of carboxylic acid groups (broad SMARTS) is 4. The van der Waals surface area contributed by atoms with E-state index in [-0.39, 0.29) is 22.3 Å². The van der Waals surface area contributed by atoms with Crippen molar-refractivity contribution in [3.8, 4) is 0 Å². The Morgan fingerprint density at radius 1 is 0.319 bits per heavy atom. The summed E-state index contributed by atoms with van der Waals surface area (Å²) in [6.45, 7) is 4.07. The van der Waals surface area contributed by atoms with Gasteiger partial charge in [0.1, 0.15) is 0 Å². The van der Waals surface area contributed by atoms with Gasteiger partial charge in [-0.25, -0.2) is 19.2 Å². The lowest BCUT2D eigenvalue weighted by Gasteiger charge is -2.16. The highest BCUT2D eigenvalue weighted by atomic mass is 16.4. The molecule has 16 heteroatoms. The molecule has 356 valence electrons. The molecule has 0 aliphatic carbocycles. The van der Waals surface area contributed by atoms with Gasteiger partial charge in [-0.1, -0.05) is 84.9 Å². The van der Waals surface area contributed by atoms with Gasteiger partial charge in [-0.15, -0.1) is 0 Å². The van der Waals surface area contributed by atoms with Gasteiger partial charge in [0.05, 0.1) is 44.5 Å². The van der Waals surface area contributed by atoms with E-state index >= 15 is 0 Å². The number of carbonyl (C=O) groups excluding carboxylic acids is 4. The lowest BCUT2D eigenvalue weighted by atomic mass is 9.91. The smallest absolute Gasteiger partial charge is 0.336 e. The van der Waals surface area contributed by atoms with Crippen LogP contribution in [0, 0.1) is 13.8 Å². The number of benzene rings is 10. The number of hydrogen-bond donors (Lipinski definition) is 8. The van der Waals surface area contributed by atoms with Crippen molar-refractivity contribution >= 4 is 124 Å². The molecule has 0 aliphatic rings. The standard InChI is InChI=1S/2C28H20N2O6/c1-13-3-4-14-6-9-17-22(10-7-15-5-8-16(13)23(14)24(15)17)30-26(32)19-12-20(27(33)34)18(25(31)29-2)11-21(19)28(35)36;1-13-3-4-14-6-9-17-22(10-7-15-5-8-16(13)23(14)24(15)17)30-26(32)19-11-18(25(31)29-2)20(27(33)34)12-21(19)28(35)36/h2*3-12H,1-2H3,(H,29,31)(H,30,32)(H,33,34)(H,35,36). The fourth-order valence-electron chi connectivity index (χ4n) is 9.42. The van der Waals surface area contributed by atoms with Crippen molar-refractivity contribution in [2.75, 3.05) is 24.7 Å². The summed E-state index contributed by atoms with van der Waals surface area (Å²) in [6.07, 6.45) is 0. The van der Waals surface area contributed by atoms with Crippen molar-refractivity contribution in [1.29, 1.82) is 0 Å². The second kappa shape index (κ2) is 18.2. The summed E-state index contributed by atoms with van der Waals surface area (Å²) in [5.74, 6) is -9.00. The minimum atomic E-state index is -1.49. The quantitative estimate of drug-likeness (QED) is 0.0595. The molecule has 72 heavy (non-hydrogen) atoms. The van der Waals surface area contributed by atoms with Crippen LogP contribution in [0.5, 0.6) is 0 Å². The fraction of sp³-hybridized carbons (Fsp3) is 0.0714. The summed E-state index contributed by atoms with van der Waals surface area (Å²) in [5, 5.41) is 60.5. The molecule has 10 aromatic rings. The molecule has 10 aromatic carbocycles. The van der Waals surface area contributed by atoms with E-state index in [2.05, 4.69) is 45.5 Å². The molecule has 0 atom stereocenters. The summed E-state index contributed by atoms with van der Waals surface area (Å²) in [4.78, 5) is 98.4. The number of amides is 4. The number of carbonyl (C=O) groups is 8. The lowest BCUT2D eigenvalue weighted by Crippen LogP contribution is -2.24. The third-order valence-corrected chi connectivity index (χ3v) is 12.9. The first-order valence-electron chi connectivity index (χ1n) is 22.1. The average Bonchev–Trinajstić information content (AvgIpc) is 3.37. The van der Waals surface area contributed by atoms with Gasteiger partial charge >= 0.3 is 23.9 Å². The summed E-state index contributed by atoms with van der Waals surface area (Å²) in [6, 6.07) is 35.0. The Labute approximate surface area is 407 Å². The minimum Gasteiger partial charge on any atom is -0.478 e. The van der Waals surface area contributed by atoms with E-state index in [1.54, 1.807) is 12.1 Å². The van der Waals surface area contributed by atoms with Gasteiger partial charge in [-0.3, -0.25) is 19.2 Å². The van der Waals surface area contributed by atoms with Crippen LogP contribution in [-0.2, 0) is 0 Å². The molecule has 10 rings (SSSR count). The molecule has 0 saturated heterocycles. The molecule has 0 heterocycles. The number of rotatable bonds is 10. The number of carboxylic acids is 4. The zero-order valence-electron chi connectivity index (χ0n) is 38.6. The highest BCUT2D eigenvalue weighted by molar-refractivity contribution is 6.29. The molecule has 0 aliphatic heterocycles. The molecule has 8 N–H and O–H groups in total. The van der Waals surface area contributed by atoms with Gasteiger partial charge < -0.3 is 41.7 Å². The van der Waals surface area contributed by atoms with Crippen molar-refractivity contribution in [1.82, 2.24) is 10.6 Å². The summed E-state index contributed by atoms with van der Waals surface area (Å²) in [5.41, 5.74) is -0.194. The first kappa shape index (κ1) is 47.1. The topological polar surface area (TPSA) is 266 Å². The van der Waals surface area contributed by atoms with Gasteiger partial charge in [0.2, 0.25) is 0 Å². The second-order valence-corrected chi connectivity index (χ2v) is 17.0. The van der Waals surface area contributed by atoms with Crippen LogP contribution in [0.25, 0.3) is 64.6 Å². The summed E-state index contributed by atoms with van der Waals surface area (Å²) in [7, 11) is 2.61. The van der Waals surface area contributed by atoms with Gasteiger partial charge in [-0.2, -0.15) is 0 Å². The molecule has 16 nitrogen and oxygen atoms in total. The van der Waals surface area contributed by atoms with Crippen LogP contribution in [-0.4, -0.2) is 82.0 Å². The predicted octanol–water partition coefficient (Wildman–Crippen LogP) is 9.80. The van der Waals surface area contributed by atoms with E-state index in [0.717, 1.165) is 100 Å². The number of nitrogens with one attached hydrogen (secondary N) is 4. The Hall–Kier alpha value is -9.96. The fourth-order valence-corrected chi connectivity index (χ4v) is 9.42. The number of anilines is 2. The number of aromatic carboxylic acids is 4. The van der Waals surface area contributed by atoms with Crippen LogP contribution in [0.2, 0.25) is 0 Å². The molecule has 0 fully saturated rings. The normalized spacial score (nSPS) is 11.2. The van der Waals surface area contributed by atoms with E-state index in [4.69, 9.17) is 0 Å². The summed E-state index contributed by atoms with van der Waals surface area (Å²) < 4.78 is 0. The highest BCUT2D eigenvalue weighted by Crippen LogP contribution is 2.41. The maximum atomic E-state index is 13.3. The van der Waals surface area contributed by atoms with Gasteiger partial charge in [0.15, 0.2) is 0 Å². The Bertz CT molecular complexity index is 4030. The van der Waals surface area contributed by atoms with Crippen molar-refractivity contribution in [3.63, 3.8) is 0 Å². The van der Waals surface area contributed by atoms with Gasteiger partial charge in [-0.05, 0) is 115 Å². The molecule has 4 amide bonds. The maximum absolute atomic E-state index is 13.3. The van der Waals surface area contributed by atoms with Crippen LogP contribution in [0.1, 0.15) is 94.0 Å². The molecule has 0 bridgehead atoms. The van der Waals surface area contributed by atoms with E-state index in [1.165, 1.54) is 14.1 Å². The van der Waals surface area contributed by atoms with Crippen LogP contribution < -0.4 is 21.3 Å². The van der Waals surface area contributed by atoms with Gasteiger partial charge in [0.25, 0.3) is 23.6 Å². The number of hydrogen-bond acceptors (Lipinski definition) is 8. The van der Waals surface area contributed by atoms with Crippen molar-refractivity contribution in [3.05, 3.63) is 177 Å². The van der Waals surface area contributed by atoms with Crippen LogP contribution in [0.3, 0.4) is 0 Å². The Morgan fingerprint density at radius 3 is 0.889 bits per heavy atom. The average molecular weight is 961 g/mol. The zero-order valence-corrected chi connectivity index (χ0v) is 38.6. The molecule has 0 spiro atoms. The predicted molar refractivity (Wildman–Crippen MR) is 273 cm³/mol. The van der Waals surface area contributed by atoms with E-state index in [9.17, 15) is 58.8 Å². The summed E-state index contributed by atoms with van der Waals surface area (Å²) >= 11 is 0. The van der Waals surface area contributed by atoms with Crippen molar-refractivity contribution in [2.45, 2.75) is 13.8 Å². The Kier molecular flexibility index (Phi) is 11.9. The molecule has 0 unspecified atom stereocenters. The lowest BCUT2D eigenvalue weighted by molar-refractivity contribution is 0.0676.